The predicted octanol–water partition coefficient (Wildman–Crippen LogP) is 4.87. The maximum Gasteiger partial charge on any atom is 0.339 e. The van der Waals surface area contributed by atoms with Crippen molar-refractivity contribution < 1.29 is 24.0 Å². The van der Waals surface area contributed by atoms with E-state index in [0.717, 1.165) is 11.6 Å². The van der Waals surface area contributed by atoms with Crippen molar-refractivity contribution in [2.24, 2.45) is 0 Å². The van der Waals surface area contributed by atoms with Gasteiger partial charge in [0, 0.05) is 34.3 Å². The van der Waals surface area contributed by atoms with Crippen LogP contribution >= 0.6 is 0 Å². The minimum Gasteiger partial charge on any atom is -0.490 e. The molecule has 8 nitrogen and oxygen atoms in total. The summed E-state index contributed by atoms with van der Waals surface area (Å²) in [6.07, 6.45) is 0.346. The first-order valence-corrected chi connectivity index (χ1v) is 9.68. The van der Waals surface area contributed by atoms with Crippen LogP contribution in [0.25, 0.3) is 10.9 Å². The Morgan fingerprint density at radius 2 is 1.72 bits per heavy atom. The molecule has 0 unspecified atom stereocenters. The lowest BCUT2D eigenvalue weighted by molar-refractivity contribution is -0.385. The zero-order chi connectivity index (χ0) is 22.7. The second-order valence-corrected chi connectivity index (χ2v) is 6.95. The predicted molar refractivity (Wildman–Crippen MR) is 117 cm³/mol. The van der Waals surface area contributed by atoms with Crippen LogP contribution in [0.2, 0.25) is 0 Å². The third-order valence-corrected chi connectivity index (χ3v) is 5.03. The maximum atomic E-state index is 13.4. The summed E-state index contributed by atoms with van der Waals surface area (Å²) in [6, 6.07) is 19.6. The first-order chi connectivity index (χ1) is 15.5. The number of rotatable bonds is 7. The Kier molecular flexibility index (Phi) is 5.67. The van der Waals surface area contributed by atoms with Crippen molar-refractivity contribution in [2.75, 3.05) is 7.11 Å². The highest BCUT2D eigenvalue weighted by molar-refractivity contribution is 6.11. The van der Waals surface area contributed by atoms with Gasteiger partial charge in [-0.2, -0.15) is 0 Å². The summed E-state index contributed by atoms with van der Waals surface area (Å²) in [5.41, 5.74) is 1.20. The number of nitrogens with one attached hydrogen (secondary N) is 1. The molecule has 0 aliphatic carbocycles. The summed E-state index contributed by atoms with van der Waals surface area (Å²) >= 11 is 0. The summed E-state index contributed by atoms with van der Waals surface area (Å²) in [5.74, 6) is -1.26. The van der Waals surface area contributed by atoms with Gasteiger partial charge >= 0.3 is 11.7 Å². The normalized spacial score (nSPS) is 11.7. The first-order valence-electron chi connectivity index (χ1n) is 9.68. The number of nitrogens with zero attached hydrogens (tertiary/aromatic N) is 1. The standard InChI is InChI=1S/C24H18N2O6/c1-31-21-12-11-16(13-20(21)26(29)30)24(28)32-23(15-7-3-2-4-8-15)22(27)18-14-25-19-10-6-5-9-17(18)19/h2-14,23,25H,1H3/t23-/m0/s1. The molecule has 1 atom stereocenters. The number of aromatic nitrogens is 1. The van der Waals surface area contributed by atoms with Crippen molar-refractivity contribution in [2.45, 2.75) is 6.10 Å². The molecule has 0 spiro atoms. The molecule has 1 heterocycles. The van der Waals surface area contributed by atoms with E-state index in [1.807, 2.05) is 18.2 Å². The average molecular weight is 430 g/mol. The van der Waals surface area contributed by atoms with Crippen LogP contribution in [0.4, 0.5) is 5.69 Å². The van der Waals surface area contributed by atoms with E-state index in [1.54, 1.807) is 42.6 Å². The van der Waals surface area contributed by atoms with E-state index in [2.05, 4.69) is 4.98 Å². The van der Waals surface area contributed by atoms with Gasteiger partial charge in [0.1, 0.15) is 0 Å². The first kappa shape index (κ1) is 20.8. The third kappa shape index (κ3) is 3.93. The fourth-order valence-corrected chi connectivity index (χ4v) is 3.45. The molecule has 4 aromatic rings. The maximum absolute atomic E-state index is 13.4. The molecule has 0 aliphatic rings. The van der Waals surface area contributed by atoms with Gasteiger partial charge in [-0.05, 0) is 18.2 Å². The molecular weight excluding hydrogens is 412 g/mol. The van der Waals surface area contributed by atoms with Crippen LogP contribution in [0.1, 0.15) is 32.4 Å². The average Bonchev–Trinajstić information content (AvgIpc) is 3.26. The van der Waals surface area contributed by atoms with Crippen molar-refractivity contribution in [3.05, 3.63) is 106 Å². The number of hydrogen-bond acceptors (Lipinski definition) is 6. The zero-order valence-corrected chi connectivity index (χ0v) is 17.0. The minimum absolute atomic E-state index is 0.0148. The number of esters is 1. The summed E-state index contributed by atoms with van der Waals surface area (Å²) < 4.78 is 10.6. The van der Waals surface area contributed by atoms with E-state index >= 15 is 0 Å². The molecule has 0 radical (unpaired) electrons. The van der Waals surface area contributed by atoms with E-state index in [0.29, 0.717) is 16.5 Å². The molecule has 32 heavy (non-hydrogen) atoms. The van der Waals surface area contributed by atoms with Crippen molar-refractivity contribution in [3.8, 4) is 5.75 Å². The zero-order valence-electron chi connectivity index (χ0n) is 17.0. The van der Waals surface area contributed by atoms with Crippen LogP contribution in [0.15, 0.2) is 79.0 Å². The highest BCUT2D eigenvalue weighted by Crippen LogP contribution is 2.31. The van der Waals surface area contributed by atoms with Gasteiger partial charge in [-0.15, -0.1) is 0 Å². The van der Waals surface area contributed by atoms with Gasteiger partial charge in [-0.25, -0.2) is 4.79 Å². The second kappa shape index (κ2) is 8.73. The Hall–Kier alpha value is -4.46. The van der Waals surface area contributed by atoms with E-state index in [-0.39, 0.29) is 17.0 Å². The number of H-pyrrole nitrogens is 1. The van der Waals surface area contributed by atoms with Gasteiger partial charge < -0.3 is 14.5 Å². The van der Waals surface area contributed by atoms with Gasteiger partial charge in [0.05, 0.1) is 17.6 Å². The Morgan fingerprint density at radius 3 is 2.44 bits per heavy atom. The van der Waals surface area contributed by atoms with Gasteiger partial charge in [0.25, 0.3) is 0 Å². The van der Waals surface area contributed by atoms with Crippen LogP contribution in [-0.4, -0.2) is 28.8 Å². The quantitative estimate of drug-likeness (QED) is 0.194. The van der Waals surface area contributed by atoms with Crippen LogP contribution in [0.5, 0.6) is 5.75 Å². The number of nitro benzene ring substituents is 1. The number of benzene rings is 3. The molecule has 8 heteroatoms. The van der Waals surface area contributed by atoms with Gasteiger partial charge in [-0.1, -0.05) is 48.5 Å². The number of aromatic amines is 1. The molecule has 0 bridgehead atoms. The SMILES string of the molecule is COc1ccc(C(=O)O[C@H](C(=O)c2c[nH]c3ccccc23)c2ccccc2)cc1[N+](=O)[O-]. The number of carbonyl (C=O) groups is 2. The molecule has 0 saturated carbocycles. The Labute approximate surface area is 182 Å². The van der Waals surface area contributed by atoms with Crippen LogP contribution in [0, 0.1) is 10.1 Å². The number of hydrogen-bond donors (Lipinski definition) is 1. The molecule has 0 amide bonds. The van der Waals surface area contributed by atoms with E-state index in [1.165, 1.54) is 19.2 Å². The number of carbonyl (C=O) groups excluding carboxylic acids is 2. The fraction of sp³-hybridized carbons (Fsp3) is 0.0833. The molecule has 160 valence electrons. The Bertz CT molecular complexity index is 1310. The molecular formula is C24H18N2O6. The molecule has 0 aliphatic heterocycles. The van der Waals surface area contributed by atoms with Crippen LogP contribution in [-0.2, 0) is 4.74 Å². The van der Waals surface area contributed by atoms with Crippen LogP contribution < -0.4 is 4.74 Å². The second-order valence-electron chi connectivity index (χ2n) is 6.95. The lowest BCUT2D eigenvalue weighted by atomic mass is 9.99. The van der Waals surface area contributed by atoms with Crippen molar-refractivity contribution in [1.29, 1.82) is 0 Å². The van der Waals surface area contributed by atoms with Crippen molar-refractivity contribution >= 4 is 28.3 Å². The number of methoxy groups -OCH3 is 1. The largest absolute Gasteiger partial charge is 0.490 e. The molecule has 3 aromatic carbocycles. The van der Waals surface area contributed by atoms with Crippen molar-refractivity contribution in [1.82, 2.24) is 4.98 Å². The number of ketones is 1. The Morgan fingerprint density at radius 1 is 1.00 bits per heavy atom. The molecule has 1 N–H and O–H groups in total. The number of fused-ring (bicyclic) bond motifs is 1. The number of ether oxygens (including phenoxy) is 2. The van der Waals surface area contributed by atoms with E-state index < -0.39 is 22.8 Å². The molecule has 0 saturated heterocycles. The van der Waals surface area contributed by atoms with Crippen LogP contribution in [0.3, 0.4) is 0 Å². The number of para-hydroxylation sites is 1. The fourth-order valence-electron chi connectivity index (χ4n) is 3.45. The third-order valence-electron chi connectivity index (χ3n) is 5.03. The smallest absolute Gasteiger partial charge is 0.339 e. The summed E-state index contributed by atoms with van der Waals surface area (Å²) in [7, 11) is 1.30. The number of Topliss-reactive ketones (excluding diaryl/α,β-unsaturated/α-hetero) is 1. The monoisotopic (exact) mass is 430 g/mol. The highest BCUT2D eigenvalue weighted by Gasteiger charge is 2.29. The summed E-state index contributed by atoms with van der Waals surface area (Å²) in [6.45, 7) is 0. The van der Waals surface area contributed by atoms with E-state index in [4.69, 9.17) is 9.47 Å². The minimum atomic E-state index is -1.23. The summed E-state index contributed by atoms with van der Waals surface area (Å²) in [5, 5.41) is 12.0. The lowest BCUT2D eigenvalue weighted by Crippen LogP contribution is -2.20. The van der Waals surface area contributed by atoms with Gasteiger partial charge in [0.15, 0.2) is 11.9 Å². The molecule has 0 fully saturated rings. The van der Waals surface area contributed by atoms with Crippen molar-refractivity contribution in [3.63, 3.8) is 0 Å². The topological polar surface area (TPSA) is 112 Å². The molecule has 1 aromatic heterocycles. The Balaban J connectivity index is 1.71. The van der Waals surface area contributed by atoms with Gasteiger partial charge in [0.2, 0.25) is 5.78 Å². The highest BCUT2D eigenvalue weighted by atomic mass is 16.6. The lowest BCUT2D eigenvalue weighted by Gasteiger charge is -2.17. The number of nitro groups is 1. The molecule has 4 rings (SSSR count). The van der Waals surface area contributed by atoms with Gasteiger partial charge in [-0.3, -0.25) is 14.9 Å². The van der Waals surface area contributed by atoms with E-state index in [9.17, 15) is 19.7 Å². The summed E-state index contributed by atoms with van der Waals surface area (Å²) in [4.78, 5) is 40.0.